The van der Waals surface area contributed by atoms with E-state index in [0.29, 0.717) is 12.0 Å². The van der Waals surface area contributed by atoms with Crippen molar-refractivity contribution >= 4 is 29.8 Å². The molecule has 0 spiro atoms. The molecule has 1 amide bonds. The molecule has 0 aromatic heterocycles. The molecule has 2 N–H and O–H groups in total. The molecular weight excluding hydrogens is 460 g/mol. The summed E-state index contributed by atoms with van der Waals surface area (Å²) in [5, 5.41) is 13.5. The highest BCUT2D eigenvalue weighted by Gasteiger charge is 2.27. The predicted molar refractivity (Wildman–Crippen MR) is 138 cm³/mol. The quantitative estimate of drug-likeness (QED) is 0.200. The van der Waals surface area contributed by atoms with Gasteiger partial charge in [0.1, 0.15) is 23.4 Å². The highest BCUT2D eigenvalue weighted by atomic mass is 16.5. The van der Waals surface area contributed by atoms with Gasteiger partial charge in [-0.15, -0.1) is 0 Å². The molecule has 36 heavy (non-hydrogen) atoms. The number of rotatable bonds is 12. The Morgan fingerprint density at radius 1 is 1.03 bits per heavy atom. The second kappa shape index (κ2) is 14.5. The van der Waals surface area contributed by atoms with Crippen molar-refractivity contribution in [2.24, 2.45) is 10.9 Å². The molecule has 0 aliphatic carbocycles. The largest absolute Gasteiger partial charge is 0.506 e. The van der Waals surface area contributed by atoms with Crippen LogP contribution in [0.25, 0.3) is 5.76 Å². The molecular formula is C28H34N2O6. The lowest BCUT2D eigenvalue weighted by atomic mass is 10.0. The van der Waals surface area contributed by atoms with E-state index in [1.807, 2.05) is 44.2 Å². The average Bonchev–Trinajstić information content (AvgIpc) is 2.88. The van der Waals surface area contributed by atoms with Crippen LogP contribution in [-0.4, -0.2) is 55.0 Å². The second-order valence-corrected chi connectivity index (χ2v) is 8.55. The number of aliphatic imine (C=N–C) groups is 1. The van der Waals surface area contributed by atoms with E-state index in [0.717, 1.165) is 11.8 Å². The van der Waals surface area contributed by atoms with Crippen molar-refractivity contribution in [1.29, 1.82) is 0 Å². The summed E-state index contributed by atoms with van der Waals surface area (Å²) in [5.41, 5.74) is 1.10. The van der Waals surface area contributed by atoms with E-state index in [-0.39, 0.29) is 30.3 Å². The Kier molecular flexibility index (Phi) is 11.4. The van der Waals surface area contributed by atoms with Gasteiger partial charge in [0.15, 0.2) is 0 Å². The Morgan fingerprint density at radius 2 is 1.64 bits per heavy atom. The number of nitrogens with zero attached hydrogens (tertiary/aromatic N) is 1. The maximum absolute atomic E-state index is 13.2. The zero-order chi connectivity index (χ0) is 26.5. The number of carbonyl (C=O) groups is 3. The molecule has 0 fully saturated rings. The van der Waals surface area contributed by atoms with Crippen molar-refractivity contribution in [2.45, 2.75) is 45.7 Å². The SMILES string of the molecule is CCOC(=O)/C(C=N[C@@H](CC(C)C)C(=O)N[C@@H](Cc1ccccc1)C(=O)OC)=C(\O)c1ccccc1. The molecule has 0 unspecified atom stereocenters. The summed E-state index contributed by atoms with van der Waals surface area (Å²) in [6.45, 7) is 5.62. The number of aliphatic hydroxyl groups is 1. The van der Waals surface area contributed by atoms with Crippen LogP contribution >= 0.6 is 0 Å². The molecule has 2 atom stereocenters. The molecule has 0 heterocycles. The topological polar surface area (TPSA) is 114 Å². The third-order valence-electron chi connectivity index (χ3n) is 5.26. The minimum Gasteiger partial charge on any atom is -0.506 e. The summed E-state index contributed by atoms with van der Waals surface area (Å²) >= 11 is 0. The van der Waals surface area contributed by atoms with Crippen LogP contribution in [0.2, 0.25) is 0 Å². The van der Waals surface area contributed by atoms with Crippen LogP contribution in [0.15, 0.2) is 71.2 Å². The summed E-state index contributed by atoms with van der Waals surface area (Å²) < 4.78 is 9.98. The van der Waals surface area contributed by atoms with E-state index in [9.17, 15) is 19.5 Å². The van der Waals surface area contributed by atoms with Crippen LogP contribution in [0.3, 0.4) is 0 Å². The molecule has 8 nitrogen and oxygen atoms in total. The fourth-order valence-electron chi connectivity index (χ4n) is 3.47. The van der Waals surface area contributed by atoms with Crippen molar-refractivity contribution in [1.82, 2.24) is 5.32 Å². The number of aliphatic hydroxyl groups excluding tert-OH is 1. The van der Waals surface area contributed by atoms with Gasteiger partial charge in [-0.05, 0) is 24.8 Å². The first-order valence-corrected chi connectivity index (χ1v) is 11.9. The van der Waals surface area contributed by atoms with Gasteiger partial charge in [-0.1, -0.05) is 74.5 Å². The fourth-order valence-corrected chi connectivity index (χ4v) is 3.47. The maximum atomic E-state index is 13.2. The van der Waals surface area contributed by atoms with Gasteiger partial charge < -0.3 is 19.9 Å². The van der Waals surface area contributed by atoms with Gasteiger partial charge in [-0.25, -0.2) is 9.59 Å². The first-order valence-electron chi connectivity index (χ1n) is 11.9. The second-order valence-electron chi connectivity index (χ2n) is 8.55. The molecule has 2 aromatic carbocycles. The molecule has 0 aliphatic heterocycles. The molecule has 8 heteroatoms. The standard InChI is InChI=1S/C28H34N2O6/c1-5-36-27(33)22(25(31)21-14-10-7-11-15-21)18-29-23(16-19(2)3)26(32)30-24(28(34)35-4)17-20-12-8-6-9-13-20/h6-15,18-19,23-24,31H,5,16-17H2,1-4H3,(H,30,32)/b25-22-,29-18?/t23-,24-/m0/s1. The molecule has 2 rings (SSSR count). The van der Waals surface area contributed by atoms with Crippen LogP contribution in [0.1, 0.15) is 38.3 Å². The number of esters is 2. The smallest absolute Gasteiger partial charge is 0.343 e. The Morgan fingerprint density at radius 3 is 2.19 bits per heavy atom. The van der Waals surface area contributed by atoms with Crippen LogP contribution in [0.4, 0.5) is 0 Å². The van der Waals surface area contributed by atoms with Crippen molar-refractivity contribution in [3.05, 3.63) is 77.4 Å². The lowest BCUT2D eigenvalue weighted by Crippen LogP contribution is -2.47. The minimum absolute atomic E-state index is 0.0846. The summed E-state index contributed by atoms with van der Waals surface area (Å²) in [4.78, 5) is 42.5. The van der Waals surface area contributed by atoms with Crippen LogP contribution in [0.5, 0.6) is 0 Å². The summed E-state index contributed by atoms with van der Waals surface area (Å²) in [7, 11) is 1.26. The van der Waals surface area contributed by atoms with Gasteiger partial charge >= 0.3 is 11.9 Å². The van der Waals surface area contributed by atoms with Gasteiger partial charge in [0.05, 0.1) is 13.7 Å². The number of hydrogen-bond donors (Lipinski definition) is 2. The van der Waals surface area contributed by atoms with E-state index in [1.165, 1.54) is 7.11 Å². The van der Waals surface area contributed by atoms with Gasteiger partial charge in [0.25, 0.3) is 0 Å². The first-order chi connectivity index (χ1) is 17.3. The summed E-state index contributed by atoms with van der Waals surface area (Å²) in [6.07, 6.45) is 1.77. The third kappa shape index (κ3) is 8.69. The highest BCUT2D eigenvalue weighted by Crippen LogP contribution is 2.17. The number of ether oxygens (including phenoxy) is 2. The first kappa shape index (κ1) is 28.3. The lowest BCUT2D eigenvalue weighted by Gasteiger charge is -2.20. The van der Waals surface area contributed by atoms with Crippen molar-refractivity contribution in [3.8, 4) is 0 Å². The number of methoxy groups -OCH3 is 1. The molecule has 0 bridgehead atoms. The average molecular weight is 495 g/mol. The van der Waals surface area contributed by atoms with Gasteiger partial charge in [-0.3, -0.25) is 9.79 Å². The number of nitrogens with one attached hydrogen (secondary N) is 1. The van der Waals surface area contributed by atoms with Crippen molar-refractivity contribution < 1.29 is 29.0 Å². The predicted octanol–water partition coefficient (Wildman–Crippen LogP) is 3.90. The Balaban J connectivity index is 2.35. The maximum Gasteiger partial charge on any atom is 0.343 e. The summed E-state index contributed by atoms with van der Waals surface area (Å²) in [6, 6.07) is 16.0. The van der Waals surface area contributed by atoms with E-state index < -0.39 is 29.9 Å². The lowest BCUT2D eigenvalue weighted by molar-refractivity contribution is -0.145. The van der Waals surface area contributed by atoms with Gasteiger partial charge in [0, 0.05) is 18.2 Å². The van der Waals surface area contributed by atoms with Crippen LogP contribution in [0, 0.1) is 5.92 Å². The number of amides is 1. The van der Waals surface area contributed by atoms with Gasteiger partial charge in [0.2, 0.25) is 5.91 Å². The zero-order valence-electron chi connectivity index (χ0n) is 21.1. The van der Waals surface area contributed by atoms with Crippen LogP contribution < -0.4 is 5.32 Å². The van der Waals surface area contributed by atoms with Crippen molar-refractivity contribution in [3.63, 3.8) is 0 Å². The zero-order valence-corrected chi connectivity index (χ0v) is 21.1. The number of benzene rings is 2. The molecule has 0 saturated heterocycles. The fraction of sp³-hybridized carbons (Fsp3) is 0.357. The van der Waals surface area contributed by atoms with E-state index in [2.05, 4.69) is 10.3 Å². The van der Waals surface area contributed by atoms with E-state index >= 15 is 0 Å². The van der Waals surface area contributed by atoms with Gasteiger partial charge in [-0.2, -0.15) is 0 Å². The van der Waals surface area contributed by atoms with Crippen molar-refractivity contribution in [2.75, 3.05) is 13.7 Å². The molecule has 0 saturated carbocycles. The number of hydrogen-bond acceptors (Lipinski definition) is 7. The summed E-state index contributed by atoms with van der Waals surface area (Å²) in [5.74, 6) is -2.05. The number of carbonyl (C=O) groups excluding carboxylic acids is 3. The molecule has 0 radical (unpaired) electrons. The van der Waals surface area contributed by atoms with Crippen LogP contribution in [-0.2, 0) is 30.3 Å². The monoisotopic (exact) mass is 494 g/mol. The highest BCUT2D eigenvalue weighted by molar-refractivity contribution is 6.15. The molecule has 192 valence electrons. The van der Waals surface area contributed by atoms with E-state index in [4.69, 9.17) is 9.47 Å². The normalized spacial score (nSPS) is 13.6. The van der Waals surface area contributed by atoms with E-state index in [1.54, 1.807) is 37.3 Å². The minimum atomic E-state index is -0.916. The Bertz CT molecular complexity index is 1060. The molecule has 0 aliphatic rings. The Hall–Kier alpha value is -3.94. The Labute approximate surface area is 212 Å². The third-order valence-corrected chi connectivity index (χ3v) is 5.26. The molecule has 2 aromatic rings.